The molecule has 0 fully saturated rings. The number of halogens is 2. The summed E-state index contributed by atoms with van der Waals surface area (Å²) >= 11 is 5.75. The lowest BCUT2D eigenvalue weighted by Gasteiger charge is -2.20. The van der Waals surface area contributed by atoms with Gasteiger partial charge >= 0.3 is 0 Å². The average Bonchev–Trinajstić information content (AvgIpc) is 2.47. The molecule has 2 aromatic carbocycles. The van der Waals surface area contributed by atoms with Crippen LogP contribution in [-0.4, -0.2) is 11.9 Å². The Bertz CT molecular complexity index is 671. The van der Waals surface area contributed by atoms with Gasteiger partial charge in [-0.1, -0.05) is 23.7 Å². The molecule has 114 valence electrons. The lowest BCUT2D eigenvalue weighted by Crippen LogP contribution is -2.34. The first-order valence-corrected chi connectivity index (χ1v) is 6.85. The van der Waals surface area contributed by atoms with Gasteiger partial charge in [0.05, 0.1) is 6.04 Å². The highest BCUT2D eigenvalue weighted by Crippen LogP contribution is 2.18. The molecule has 1 N–H and O–H groups in total. The van der Waals surface area contributed by atoms with Crippen molar-refractivity contribution in [2.75, 3.05) is 0 Å². The fourth-order valence-corrected chi connectivity index (χ4v) is 2.08. The normalized spacial score (nSPS) is 11.7. The number of carboxylic acids is 1. The minimum atomic E-state index is -1.31. The molecule has 6 heteroatoms. The number of aliphatic carboxylic acids is 1. The number of rotatable bonds is 5. The molecule has 0 heterocycles. The lowest BCUT2D eigenvalue weighted by atomic mass is 10.0. The summed E-state index contributed by atoms with van der Waals surface area (Å²) in [5.41, 5.74) is 0.822. The summed E-state index contributed by atoms with van der Waals surface area (Å²) in [6, 6.07) is 10.6. The van der Waals surface area contributed by atoms with E-state index in [0.29, 0.717) is 16.1 Å². The Morgan fingerprint density at radius 1 is 1.09 bits per heavy atom. The van der Waals surface area contributed by atoms with E-state index in [2.05, 4.69) is 5.32 Å². The molecule has 0 radical (unpaired) electrons. The van der Waals surface area contributed by atoms with Crippen LogP contribution >= 0.6 is 11.6 Å². The fourth-order valence-electron chi connectivity index (χ4n) is 1.96. The Kier molecular flexibility index (Phi) is 5.12. The third kappa shape index (κ3) is 4.30. The van der Waals surface area contributed by atoms with Gasteiger partial charge in [-0.05, 0) is 42.0 Å². The number of nitrogens with one attached hydrogen (secondary N) is 1. The van der Waals surface area contributed by atoms with Crippen molar-refractivity contribution in [3.8, 4) is 0 Å². The van der Waals surface area contributed by atoms with E-state index in [1.54, 1.807) is 12.1 Å². The van der Waals surface area contributed by atoms with Crippen molar-refractivity contribution in [3.63, 3.8) is 0 Å². The predicted octanol–water partition coefficient (Wildman–Crippen LogP) is 2.09. The topological polar surface area (TPSA) is 69.2 Å². The van der Waals surface area contributed by atoms with Gasteiger partial charge in [0.15, 0.2) is 0 Å². The van der Waals surface area contributed by atoms with Gasteiger partial charge < -0.3 is 15.2 Å². The summed E-state index contributed by atoms with van der Waals surface area (Å²) in [5, 5.41) is 13.9. The lowest BCUT2D eigenvalue weighted by molar-refractivity contribution is -0.306. The van der Waals surface area contributed by atoms with Gasteiger partial charge in [0.1, 0.15) is 5.82 Å². The molecule has 2 rings (SSSR count). The van der Waals surface area contributed by atoms with E-state index in [0.717, 1.165) is 0 Å². The molecule has 22 heavy (non-hydrogen) atoms. The molecule has 0 aliphatic carbocycles. The quantitative estimate of drug-likeness (QED) is 0.917. The maximum absolute atomic E-state index is 12.9. The molecule has 0 bridgehead atoms. The highest BCUT2D eigenvalue weighted by Gasteiger charge is 2.16. The molecule has 2 aromatic rings. The summed E-state index contributed by atoms with van der Waals surface area (Å²) in [7, 11) is 0. The Morgan fingerprint density at radius 3 is 2.23 bits per heavy atom. The van der Waals surface area contributed by atoms with Gasteiger partial charge in [-0.2, -0.15) is 0 Å². The van der Waals surface area contributed by atoms with Crippen LogP contribution in [0.4, 0.5) is 4.39 Å². The van der Waals surface area contributed by atoms with Crippen LogP contribution in [0.1, 0.15) is 28.4 Å². The average molecular weight is 321 g/mol. The van der Waals surface area contributed by atoms with E-state index < -0.39 is 30.2 Å². The minimum Gasteiger partial charge on any atom is -0.550 e. The Hall–Kier alpha value is -2.40. The van der Waals surface area contributed by atoms with Crippen molar-refractivity contribution < 1.29 is 19.1 Å². The molecule has 0 aliphatic heterocycles. The van der Waals surface area contributed by atoms with Crippen LogP contribution in [-0.2, 0) is 4.79 Å². The second kappa shape index (κ2) is 7.04. The second-order valence-corrected chi connectivity index (χ2v) is 5.10. The Balaban J connectivity index is 2.19. The summed E-state index contributed by atoms with van der Waals surface area (Å²) < 4.78 is 12.9. The van der Waals surface area contributed by atoms with Crippen molar-refractivity contribution in [1.82, 2.24) is 5.32 Å². The zero-order valence-electron chi connectivity index (χ0n) is 11.4. The zero-order valence-corrected chi connectivity index (χ0v) is 12.1. The third-order valence-corrected chi connectivity index (χ3v) is 3.31. The van der Waals surface area contributed by atoms with E-state index in [9.17, 15) is 19.1 Å². The fraction of sp³-hybridized carbons (Fsp3) is 0.125. The summed E-state index contributed by atoms with van der Waals surface area (Å²) in [6.45, 7) is 0. The second-order valence-electron chi connectivity index (χ2n) is 4.66. The molecule has 0 aromatic heterocycles. The summed E-state index contributed by atoms with van der Waals surface area (Å²) in [6.07, 6.45) is -0.412. The van der Waals surface area contributed by atoms with Crippen molar-refractivity contribution >= 4 is 23.5 Å². The van der Waals surface area contributed by atoms with Gasteiger partial charge in [-0.25, -0.2) is 4.39 Å². The zero-order chi connectivity index (χ0) is 16.1. The largest absolute Gasteiger partial charge is 0.550 e. The maximum atomic E-state index is 12.9. The van der Waals surface area contributed by atoms with Crippen LogP contribution < -0.4 is 10.4 Å². The van der Waals surface area contributed by atoms with Crippen molar-refractivity contribution in [2.45, 2.75) is 12.5 Å². The molecule has 0 spiro atoms. The summed E-state index contributed by atoms with van der Waals surface area (Å²) in [4.78, 5) is 23.0. The molecule has 1 amide bonds. The van der Waals surface area contributed by atoms with Gasteiger partial charge in [0.2, 0.25) is 0 Å². The molecule has 0 unspecified atom stereocenters. The van der Waals surface area contributed by atoms with Crippen LogP contribution in [0, 0.1) is 5.82 Å². The maximum Gasteiger partial charge on any atom is 0.251 e. The van der Waals surface area contributed by atoms with E-state index in [-0.39, 0.29) is 0 Å². The highest BCUT2D eigenvalue weighted by atomic mass is 35.5. The van der Waals surface area contributed by atoms with E-state index in [4.69, 9.17) is 11.6 Å². The van der Waals surface area contributed by atoms with E-state index in [1.807, 2.05) is 0 Å². The van der Waals surface area contributed by atoms with Crippen molar-refractivity contribution in [3.05, 3.63) is 70.5 Å². The van der Waals surface area contributed by atoms with Crippen molar-refractivity contribution in [1.29, 1.82) is 0 Å². The highest BCUT2D eigenvalue weighted by molar-refractivity contribution is 6.30. The van der Waals surface area contributed by atoms with E-state index in [1.165, 1.54) is 36.4 Å². The third-order valence-electron chi connectivity index (χ3n) is 3.05. The first-order chi connectivity index (χ1) is 10.5. The summed E-state index contributed by atoms with van der Waals surface area (Å²) in [5.74, 6) is -2.21. The molecular weight excluding hydrogens is 309 g/mol. The first-order valence-electron chi connectivity index (χ1n) is 6.47. The van der Waals surface area contributed by atoms with Crippen LogP contribution in [0.25, 0.3) is 0 Å². The van der Waals surface area contributed by atoms with E-state index >= 15 is 0 Å². The van der Waals surface area contributed by atoms with Crippen LogP contribution in [0.2, 0.25) is 5.02 Å². The molecule has 0 saturated carbocycles. The number of carboxylic acid groups (broad SMARTS) is 1. The van der Waals surface area contributed by atoms with Gasteiger partial charge in [0, 0.05) is 23.0 Å². The SMILES string of the molecule is O=C([O-])C[C@H](NC(=O)c1ccc(Cl)cc1)c1ccc(F)cc1. The number of carbonyl (C=O) groups is 2. The predicted molar refractivity (Wildman–Crippen MR) is 77.7 cm³/mol. The number of benzene rings is 2. The van der Waals surface area contributed by atoms with Gasteiger partial charge in [0.25, 0.3) is 5.91 Å². The smallest absolute Gasteiger partial charge is 0.251 e. The van der Waals surface area contributed by atoms with Crippen LogP contribution in [0.3, 0.4) is 0 Å². The number of amides is 1. The number of hydrogen-bond acceptors (Lipinski definition) is 3. The standard InChI is InChI=1S/C16H13ClFNO3/c17-12-5-1-11(2-6-12)16(22)19-14(9-15(20)21)10-3-7-13(18)8-4-10/h1-8,14H,9H2,(H,19,22)(H,20,21)/p-1/t14-/m0/s1. The molecule has 1 atom stereocenters. The van der Waals surface area contributed by atoms with Crippen molar-refractivity contribution in [2.24, 2.45) is 0 Å². The van der Waals surface area contributed by atoms with Crippen LogP contribution in [0.15, 0.2) is 48.5 Å². The van der Waals surface area contributed by atoms with Crippen LogP contribution in [0.5, 0.6) is 0 Å². The molecule has 0 saturated heterocycles. The van der Waals surface area contributed by atoms with Gasteiger partial charge in [-0.15, -0.1) is 0 Å². The monoisotopic (exact) mass is 320 g/mol. The molecule has 0 aliphatic rings. The minimum absolute atomic E-state index is 0.342. The number of hydrogen-bond donors (Lipinski definition) is 1. The number of carbonyl (C=O) groups excluding carboxylic acids is 2. The molecule has 4 nitrogen and oxygen atoms in total. The Morgan fingerprint density at radius 2 is 1.68 bits per heavy atom. The first kappa shape index (κ1) is 16.0. The van der Waals surface area contributed by atoms with Gasteiger partial charge in [-0.3, -0.25) is 4.79 Å². The molecular formula is C16H12ClFNO3-. The Labute approximate surface area is 131 Å².